The minimum atomic E-state index is 0.229. The van der Waals surface area contributed by atoms with E-state index in [4.69, 9.17) is 9.73 Å². The molecule has 0 aromatic heterocycles. The molecule has 2 N–H and O–H groups in total. The van der Waals surface area contributed by atoms with Gasteiger partial charge in [-0.2, -0.15) is 11.8 Å². The number of piperidine rings is 1. The minimum absolute atomic E-state index is 0.229. The van der Waals surface area contributed by atoms with E-state index in [0.29, 0.717) is 6.04 Å². The smallest absolute Gasteiger partial charge is 0.191 e. The van der Waals surface area contributed by atoms with Gasteiger partial charge in [-0.05, 0) is 51.0 Å². The van der Waals surface area contributed by atoms with Crippen molar-refractivity contribution in [1.29, 1.82) is 0 Å². The number of ether oxygens (including phenoxy) is 1. The average molecular weight is 405 g/mol. The SMILES string of the molecule is CCNC(=NCC1(SC)CCOCC1)NC1CCCN(Cc2ccccc2)C1. The molecule has 1 atom stereocenters. The molecular weight excluding hydrogens is 368 g/mol. The molecule has 2 heterocycles. The summed E-state index contributed by atoms with van der Waals surface area (Å²) in [4.78, 5) is 7.54. The highest BCUT2D eigenvalue weighted by atomic mass is 32.2. The third-order valence-electron chi connectivity index (χ3n) is 5.80. The molecule has 0 saturated carbocycles. The Morgan fingerprint density at radius 2 is 2.07 bits per heavy atom. The van der Waals surface area contributed by atoms with Crippen LogP contribution >= 0.6 is 11.8 Å². The third kappa shape index (κ3) is 6.39. The van der Waals surface area contributed by atoms with Gasteiger partial charge >= 0.3 is 0 Å². The van der Waals surface area contributed by atoms with Crippen LogP contribution in [0, 0.1) is 0 Å². The first-order valence-electron chi connectivity index (χ1n) is 10.7. The zero-order valence-corrected chi connectivity index (χ0v) is 18.3. The summed E-state index contributed by atoms with van der Waals surface area (Å²) in [6.07, 6.45) is 6.83. The standard InChI is InChI=1S/C22H36N4OS/c1-3-23-21(24-18-22(28-2)11-14-27-15-12-22)25-20-10-7-13-26(17-20)16-19-8-5-4-6-9-19/h4-6,8-9,20H,3,7,10-18H2,1-2H3,(H2,23,24,25). The van der Waals surface area contributed by atoms with Gasteiger partial charge < -0.3 is 15.4 Å². The van der Waals surface area contributed by atoms with E-state index in [0.717, 1.165) is 58.2 Å². The second-order valence-electron chi connectivity index (χ2n) is 7.90. The largest absolute Gasteiger partial charge is 0.381 e. The molecule has 2 saturated heterocycles. The number of hydrogen-bond acceptors (Lipinski definition) is 4. The van der Waals surface area contributed by atoms with Gasteiger partial charge in [0.2, 0.25) is 0 Å². The summed E-state index contributed by atoms with van der Waals surface area (Å²) in [7, 11) is 0. The highest BCUT2D eigenvalue weighted by Crippen LogP contribution is 2.34. The van der Waals surface area contributed by atoms with Gasteiger partial charge in [0, 0.05) is 43.6 Å². The van der Waals surface area contributed by atoms with Crippen molar-refractivity contribution < 1.29 is 4.74 Å². The second kappa shape index (κ2) is 11.1. The van der Waals surface area contributed by atoms with Gasteiger partial charge in [-0.3, -0.25) is 9.89 Å². The molecule has 2 aliphatic rings. The van der Waals surface area contributed by atoms with Crippen LogP contribution in [0.5, 0.6) is 0 Å². The monoisotopic (exact) mass is 404 g/mol. The molecule has 28 heavy (non-hydrogen) atoms. The Morgan fingerprint density at radius 3 is 2.79 bits per heavy atom. The van der Waals surface area contributed by atoms with Crippen molar-refractivity contribution in [2.75, 3.05) is 45.6 Å². The molecule has 1 aromatic carbocycles. The molecule has 0 aliphatic carbocycles. The van der Waals surface area contributed by atoms with Crippen molar-refractivity contribution in [3.8, 4) is 0 Å². The van der Waals surface area contributed by atoms with Crippen molar-refractivity contribution in [1.82, 2.24) is 15.5 Å². The number of benzene rings is 1. The van der Waals surface area contributed by atoms with Crippen LogP contribution in [-0.2, 0) is 11.3 Å². The van der Waals surface area contributed by atoms with Crippen LogP contribution in [0.25, 0.3) is 0 Å². The van der Waals surface area contributed by atoms with E-state index in [9.17, 15) is 0 Å². The lowest BCUT2D eigenvalue weighted by atomic mass is 9.99. The summed E-state index contributed by atoms with van der Waals surface area (Å²) in [6, 6.07) is 11.2. The molecule has 2 aliphatic heterocycles. The molecule has 156 valence electrons. The summed E-state index contributed by atoms with van der Waals surface area (Å²) in [5.41, 5.74) is 1.39. The number of aliphatic imine (C=N–C) groups is 1. The van der Waals surface area contributed by atoms with E-state index < -0.39 is 0 Å². The van der Waals surface area contributed by atoms with Crippen LogP contribution in [0.4, 0.5) is 0 Å². The Kier molecular flexibility index (Phi) is 8.49. The van der Waals surface area contributed by atoms with Gasteiger partial charge in [-0.25, -0.2) is 0 Å². The van der Waals surface area contributed by atoms with Gasteiger partial charge in [0.15, 0.2) is 5.96 Å². The first-order chi connectivity index (χ1) is 13.7. The van der Waals surface area contributed by atoms with Gasteiger partial charge in [-0.1, -0.05) is 30.3 Å². The molecule has 6 heteroatoms. The van der Waals surface area contributed by atoms with Gasteiger partial charge in [0.1, 0.15) is 0 Å². The number of nitrogens with zero attached hydrogens (tertiary/aromatic N) is 2. The molecule has 0 spiro atoms. The molecule has 1 aromatic rings. The molecule has 0 bridgehead atoms. The van der Waals surface area contributed by atoms with E-state index in [2.05, 4.69) is 59.0 Å². The van der Waals surface area contributed by atoms with Crippen LogP contribution in [0.15, 0.2) is 35.3 Å². The summed E-state index contributed by atoms with van der Waals surface area (Å²) in [5.74, 6) is 0.967. The van der Waals surface area contributed by atoms with Crippen molar-refractivity contribution in [2.45, 2.75) is 49.9 Å². The van der Waals surface area contributed by atoms with Crippen LogP contribution in [-0.4, -0.2) is 67.3 Å². The molecule has 3 rings (SSSR count). The van der Waals surface area contributed by atoms with E-state index in [1.807, 2.05) is 11.8 Å². The maximum atomic E-state index is 5.56. The number of likely N-dealkylation sites (tertiary alicyclic amines) is 1. The van der Waals surface area contributed by atoms with Crippen molar-refractivity contribution >= 4 is 17.7 Å². The normalized spacial score (nSPS) is 23.4. The van der Waals surface area contributed by atoms with E-state index >= 15 is 0 Å². The molecule has 1 unspecified atom stereocenters. The second-order valence-corrected chi connectivity index (χ2v) is 9.17. The lowest BCUT2D eigenvalue weighted by molar-refractivity contribution is 0.0794. The quantitative estimate of drug-likeness (QED) is 0.540. The topological polar surface area (TPSA) is 48.9 Å². The van der Waals surface area contributed by atoms with Crippen molar-refractivity contribution in [2.24, 2.45) is 4.99 Å². The Morgan fingerprint density at radius 1 is 1.29 bits per heavy atom. The van der Waals surface area contributed by atoms with E-state index in [1.165, 1.54) is 24.9 Å². The summed E-state index contributed by atoms with van der Waals surface area (Å²) >= 11 is 1.95. The number of rotatable bonds is 7. The van der Waals surface area contributed by atoms with Crippen LogP contribution in [0.3, 0.4) is 0 Å². The Balaban J connectivity index is 1.56. The molecule has 5 nitrogen and oxygen atoms in total. The molecular formula is C22H36N4OS. The minimum Gasteiger partial charge on any atom is -0.381 e. The zero-order chi connectivity index (χ0) is 19.7. The van der Waals surface area contributed by atoms with Gasteiger partial charge in [0.25, 0.3) is 0 Å². The maximum Gasteiger partial charge on any atom is 0.191 e. The molecule has 0 radical (unpaired) electrons. The van der Waals surface area contributed by atoms with Gasteiger partial charge in [-0.15, -0.1) is 0 Å². The number of thioether (sulfide) groups is 1. The van der Waals surface area contributed by atoms with E-state index in [1.54, 1.807) is 0 Å². The fourth-order valence-corrected chi connectivity index (χ4v) is 4.83. The lowest BCUT2D eigenvalue weighted by Crippen LogP contribution is -2.51. The maximum absolute atomic E-state index is 5.56. The molecule has 0 amide bonds. The highest BCUT2D eigenvalue weighted by molar-refractivity contribution is 8.00. The molecule has 2 fully saturated rings. The Bertz CT molecular complexity index is 604. The third-order valence-corrected chi connectivity index (χ3v) is 7.21. The number of nitrogens with one attached hydrogen (secondary N) is 2. The highest BCUT2D eigenvalue weighted by Gasteiger charge is 2.31. The lowest BCUT2D eigenvalue weighted by Gasteiger charge is -2.35. The first-order valence-corrected chi connectivity index (χ1v) is 11.9. The van der Waals surface area contributed by atoms with Crippen molar-refractivity contribution in [3.05, 3.63) is 35.9 Å². The predicted molar refractivity (Wildman–Crippen MR) is 120 cm³/mol. The number of hydrogen-bond donors (Lipinski definition) is 2. The van der Waals surface area contributed by atoms with E-state index in [-0.39, 0.29) is 4.75 Å². The van der Waals surface area contributed by atoms with Gasteiger partial charge in [0.05, 0.1) is 6.54 Å². The average Bonchev–Trinajstić information content (AvgIpc) is 2.74. The van der Waals surface area contributed by atoms with Crippen LogP contribution in [0.1, 0.15) is 38.2 Å². The zero-order valence-electron chi connectivity index (χ0n) is 17.5. The fourth-order valence-electron chi connectivity index (χ4n) is 4.07. The van der Waals surface area contributed by atoms with Crippen LogP contribution < -0.4 is 10.6 Å². The number of guanidine groups is 1. The summed E-state index contributed by atoms with van der Waals surface area (Å²) in [6.45, 7) is 8.88. The summed E-state index contributed by atoms with van der Waals surface area (Å²) in [5, 5.41) is 7.17. The Hall–Kier alpha value is -1.24. The Labute approximate surface area is 174 Å². The van der Waals surface area contributed by atoms with Crippen molar-refractivity contribution in [3.63, 3.8) is 0 Å². The predicted octanol–water partition coefficient (Wildman–Crippen LogP) is 3.12. The summed E-state index contributed by atoms with van der Waals surface area (Å²) < 4.78 is 5.79. The first kappa shape index (κ1) is 21.5. The van der Waals surface area contributed by atoms with Crippen LogP contribution in [0.2, 0.25) is 0 Å². The fraction of sp³-hybridized carbons (Fsp3) is 0.682.